The molecule has 2 N–H and O–H groups in total. The Morgan fingerprint density at radius 1 is 1.38 bits per heavy atom. The fraction of sp³-hybridized carbons (Fsp3) is 0.368. The van der Waals surface area contributed by atoms with Gasteiger partial charge in [-0.1, -0.05) is 41.1 Å². The number of piperidine rings is 1. The summed E-state index contributed by atoms with van der Waals surface area (Å²) in [5, 5.41) is 4.62. The number of amides is 1. The van der Waals surface area contributed by atoms with Crippen molar-refractivity contribution >= 4 is 44.9 Å². The quantitative estimate of drug-likeness (QED) is 0.685. The summed E-state index contributed by atoms with van der Waals surface area (Å²) in [7, 11) is 0. The summed E-state index contributed by atoms with van der Waals surface area (Å²) < 4.78 is 0.660. The van der Waals surface area contributed by atoms with Crippen molar-refractivity contribution in [3.63, 3.8) is 0 Å². The van der Waals surface area contributed by atoms with Gasteiger partial charge in [0.15, 0.2) is 5.13 Å². The Bertz CT molecular complexity index is 927. The maximum atomic E-state index is 11.2. The van der Waals surface area contributed by atoms with Gasteiger partial charge in [-0.25, -0.2) is 4.98 Å². The molecule has 0 aliphatic carbocycles. The second-order valence-corrected chi connectivity index (χ2v) is 8.36. The van der Waals surface area contributed by atoms with E-state index in [1.807, 2.05) is 0 Å². The van der Waals surface area contributed by atoms with Gasteiger partial charge in [0, 0.05) is 30.6 Å². The third-order valence-corrected chi connectivity index (χ3v) is 6.21. The third kappa shape index (κ3) is 3.63. The number of nitrogens with one attached hydrogen (secondary N) is 2. The first-order valence-electron chi connectivity index (χ1n) is 8.81. The van der Waals surface area contributed by atoms with E-state index in [1.165, 1.54) is 34.7 Å². The SMILES string of the molecule is CC(=O)Nc1nc(CN2CCC(c3c[nH]c4ccccc34)CC2)c(Cl)s1. The Morgan fingerprint density at radius 2 is 2.15 bits per heavy atom. The van der Waals surface area contributed by atoms with Gasteiger partial charge < -0.3 is 10.3 Å². The number of anilines is 1. The van der Waals surface area contributed by atoms with Gasteiger partial charge in [0.05, 0.1) is 5.69 Å². The van der Waals surface area contributed by atoms with Crippen LogP contribution in [0.4, 0.5) is 5.13 Å². The minimum atomic E-state index is -0.124. The summed E-state index contributed by atoms with van der Waals surface area (Å²) in [6.07, 6.45) is 4.42. The Hall–Kier alpha value is -1.89. The number of aromatic amines is 1. The number of benzene rings is 1. The first-order valence-corrected chi connectivity index (χ1v) is 10.0. The highest BCUT2D eigenvalue weighted by Gasteiger charge is 2.24. The monoisotopic (exact) mass is 388 g/mol. The Morgan fingerprint density at radius 3 is 2.92 bits per heavy atom. The van der Waals surface area contributed by atoms with E-state index in [2.05, 4.69) is 50.6 Å². The first kappa shape index (κ1) is 17.5. The summed E-state index contributed by atoms with van der Waals surface area (Å²) in [5.74, 6) is 0.463. The molecule has 0 unspecified atom stereocenters. The normalized spacial score (nSPS) is 16.2. The molecule has 1 aliphatic rings. The van der Waals surface area contributed by atoms with Crippen LogP contribution < -0.4 is 5.32 Å². The average Bonchev–Trinajstić information content (AvgIpc) is 3.19. The van der Waals surface area contributed by atoms with Crippen LogP contribution in [-0.4, -0.2) is 33.9 Å². The zero-order valence-electron chi connectivity index (χ0n) is 14.6. The lowest BCUT2D eigenvalue weighted by Gasteiger charge is -2.31. The summed E-state index contributed by atoms with van der Waals surface area (Å²) >= 11 is 7.62. The molecule has 7 heteroatoms. The van der Waals surface area contributed by atoms with E-state index in [0.717, 1.165) is 38.2 Å². The maximum Gasteiger partial charge on any atom is 0.223 e. The summed E-state index contributed by atoms with van der Waals surface area (Å²) in [6.45, 7) is 4.25. The largest absolute Gasteiger partial charge is 0.361 e. The number of H-pyrrole nitrogens is 1. The van der Waals surface area contributed by atoms with Crippen molar-refractivity contribution < 1.29 is 4.79 Å². The highest BCUT2D eigenvalue weighted by atomic mass is 35.5. The lowest BCUT2D eigenvalue weighted by atomic mass is 9.89. The van der Waals surface area contributed by atoms with Crippen LogP contribution in [0, 0.1) is 0 Å². The van der Waals surface area contributed by atoms with E-state index in [1.54, 1.807) is 0 Å². The second-order valence-electron chi connectivity index (χ2n) is 6.76. The molecule has 3 heterocycles. The molecule has 26 heavy (non-hydrogen) atoms. The fourth-order valence-electron chi connectivity index (χ4n) is 3.68. The van der Waals surface area contributed by atoms with E-state index < -0.39 is 0 Å². The van der Waals surface area contributed by atoms with Gasteiger partial charge in [-0.2, -0.15) is 0 Å². The van der Waals surface area contributed by atoms with Gasteiger partial charge in [0.2, 0.25) is 5.91 Å². The van der Waals surface area contributed by atoms with E-state index in [-0.39, 0.29) is 5.91 Å². The smallest absolute Gasteiger partial charge is 0.223 e. The first-order chi connectivity index (χ1) is 12.6. The predicted octanol–water partition coefficient (Wildman–Crippen LogP) is 4.62. The molecule has 0 bridgehead atoms. The fourth-order valence-corrected chi connectivity index (χ4v) is 4.75. The van der Waals surface area contributed by atoms with Crippen molar-refractivity contribution in [2.75, 3.05) is 18.4 Å². The van der Waals surface area contributed by atoms with E-state index in [4.69, 9.17) is 11.6 Å². The number of halogens is 1. The number of carbonyl (C=O) groups excluding carboxylic acids is 1. The molecule has 1 fully saturated rings. The Kier molecular flexibility index (Phi) is 4.98. The highest BCUT2D eigenvalue weighted by Crippen LogP contribution is 2.34. The van der Waals surface area contributed by atoms with Crippen LogP contribution in [0.25, 0.3) is 10.9 Å². The minimum Gasteiger partial charge on any atom is -0.361 e. The van der Waals surface area contributed by atoms with Crippen molar-refractivity contribution in [1.29, 1.82) is 0 Å². The van der Waals surface area contributed by atoms with E-state index >= 15 is 0 Å². The molecule has 1 amide bonds. The molecule has 2 aromatic heterocycles. The molecule has 0 saturated carbocycles. The molecule has 136 valence electrons. The van der Waals surface area contributed by atoms with Gasteiger partial charge in [-0.15, -0.1) is 0 Å². The number of carbonyl (C=O) groups is 1. The standard InChI is InChI=1S/C19H21ClN4OS/c1-12(25)22-19-23-17(18(20)26-19)11-24-8-6-13(7-9-24)15-10-21-16-5-3-2-4-14(15)16/h2-5,10,13,21H,6-9,11H2,1H3,(H,22,23,25). The van der Waals surface area contributed by atoms with Crippen molar-refractivity contribution in [3.05, 3.63) is 46.1 Å². The van der Waals surface area contributed by atoms with Crippen molar-refractivity contribution in [2.45, 2.75) is 32.2 Å². The topological polar surface area (TPSA) is 61.0 Å². The van der Waals surface area contributed by atoms with Crippen molar-refractivity contribution in [3.8, 4) is 0 Å². The molecule has 5 nitrogen and oxygen atoms in total. The van der Waals surface area contributed by atoms with Crippen LogP contribution in [0.1, 0.15) is 36.9 Å². The van der Waals surface area contributed by atoms with Crippen molar-refractivity contribution in [1.82, 2.24) is 14.9 Å². The Labute approximate surface area is 161 Å². The number of hydrogen-bond donors (Lipinski definition) is 2. The van der Waals surface area contributed by atoms with Gasteiger partial charge >= 0.3 is 0 Å². The number of hydrogen-bond acceptors (Lipinski definition) is 4. The zero-order valence-corrected chi connectivity index (χ0v) is 16.2. The summed E-state index contributed by atoms with van der Waals surface area (Å²) in [5.41, 5.74) is 3.50. The van der Waals surface area contributed by atoms with Crippen LogP contribution in [0.5, 0.6) is 0 Å². The van der Waals surface area contributed by atoms with Crippen LogP contribution >= 0.6 is 22.9 Å². The van der Waals surface area contributed by atoms with Crippen molar-refractivity contribution in [2.24, 2.45) is 0 Å². The third-order valence-electron chi connectivity index (χ3n) is 4.95. The van der Waals surface area contributed by atoms with Crippen LogP contribution in [0.3, 0.4) is 0 Å². The molecule has 1 aliphatic heterocycles. The predicted molar refractivity (Wildman–Crippen MR) is 107 cm³/mol. The summed E-state index contributed by atoms with van der Waals surface area (Å²) in [4.78, 5) is 21.4. The van der Waals surface area contributed by atoms with Crippen LogP contribution in [0.15, 0.2) is 30.5 Å². The number of aromatic nitrogens is 2. The number of thiazole rings is 1. The molecule has 3 aromatic rings. The maximum absolute atomic E-state index is 11.2. The van der Waals surface area contributed by atoms with Gasteiger partial charge in [0.1, 0.15) is 4.34 Å². The van der Waals surface area contributed by atoms with Gasteiger partial charge in [-0.05, 0) is 43.5 Å². The number of likely N-dealkylation sites (tertiary alicyclic amines) is 1. The lowest BCUT2D eigenvalue weighted by Crippen LogP contribution is -2.32. The van der Waals surface area contributed by atoms with E-state index in [9.17, 15) is 4.79 Å². The zero-order chi connectivity index (χ0) is 18.1. The van der Waals surface area contributed by atoms with Gasteiger partial charge in [-0.3, -0.25) is 9.69 Å². The molecule has 0 atom stereocenters. The van der Waals surface area contributed by atoms with Gasteiger partial charge in [0.25, 0.3) is 0 Å². The molecule has 0 spiro atoms. The molecule has 4 rings (SSSR count). The molecular weight excluding hydrogens is 368 g/mol. The highest BCUT2D eigenvalue weighted by molar-refractivity contribution is 7.19. The molecular formula is C19H21ClN4OS. The Balaban J connectivity index is 1.39. The molecule has 0 radical (unpaired) electrons. The molecule has 1 saturated heterocycles. The number of para-hydroxylation sites is 1. The summed E-state index contributed by atoms with van der Waals surface area (Å²) in [6, 6.07) is 8.50. The number of nitrogens with zero attached hydrogens (tertiary/aromatic N) is 2. The average molecular weight is 389 g/mol. The van der Waals surface area contributed by atoms with Crippen LogP contribution in [-0.2, 0) is 11.3 Å². The lowest BCUT2D eigenvalue weighted by molar-refractivity contribution is -0.114. The second kappa shape index (κ2) is 7.39. The molecule has 1 aromatic carbocycles. The van der Waals surface area contributed by atoms with Crippen LogP contribution in [0.2, 0.25) is 4.34 Å². The number of rotatable bonds is 4. The van der Waals surface area contributed by atoms with E-state index in [0.29, 0.717) is 15.4 Å². The number of fused-ring (bicyclic) bond motifs is 1. The minimum absolute atomic E-state index is 0.124.